The second kappa shape index (κ2) is 7.37. The number of amides is 1. The molecule has 0 aliphatic heterocycles. The van der Waals surface area contributed by atoms with Crippen LogP contribution in [0.4, 0.5) is 13.2 Å². The summed E-state index contributed by atoms with van der Waals surface area (Å²) < 4.78 is 36.5. The third kappa shape index (κ3) is 4.71. The number of pyridine rings is 2. The van der Waals surface area contributed by atoms with Crippen LogP contribution in [-0.4, -0.2) is 28.6 Å². The molecule has 1 fully saturated rings. The normalized spacial score (nSPS) is 14.9. The number of hydrogen-bond acceptors (Lipinski definition) is 3. The molecule has 0 aromatic carbocycles. The molecule has 1 saturated carbocycles. The number of hydrogen-bond donors (Lipinski definition) is 1. The largest absolute Gasteiger partial charge is 0.458 e. The molecule has 4 nitrogen and oxygen atoms in total. The third-order valence-corrected chi connectivity index (χ3v) is 4.70. The van der Waals surface area contributed by atoms with Crippen molar-refractivity contribution in [3.63, 3.8) is 0 Å². The molecule has 0 saturated heterocycles. The number of nitrogens with one attached hydrogen (secondary N) is 1. The molecule has 3 rings (SSSR count). The van der Waals surface area contributed by atoms with Crippen molar-refractivity contribution >= 4 is 29.1 Å². The second-order valence-electron chi connectivity index (χ2n) is 6.10. The maximum absolute atomic E-state index is 12.3. The van der Waals surface area contributed by atoms with Crippen LogP contribution in [0.5, 0.6) is 0 Å². The predicted molar refractivity (Wildman–Crippen MR) is 94.7 cm³/mol. The van der Waals surface area contributed by atoms with E-state index in [1.54, 1.807) is 12.1 Å². The molecule has 1 amide bonds. The van der Waals surface area contributed by atoms with E-state index in [1.807, 2.05) is 5.92 Å². The monoisotopic (exact) mass is 413 g/mol. The summed E-state index contributed by atoms with van der Waals surface area (Å²) >= 11 is 12.2. The fourth-order valence-corrected chi connectivity index (χ4v) is 3.15. The van der Waals surface area contributed by atoms with Crippen molar-refractivity contribution in [3.05, 3.63) is 57.6 Å². The van der Waals surface area contributed by atoms with E-state index < -0.39 is 17.5 Å². The molecule has 0 atom stereocenters. The Bertz CT molecular complexity index is 947. The lowest BCUT2D eigenvalue weighted by Crippen LogP contribution is -2.33. The van der Waals surface area contributed by atoms with Gasteiger partial charge in [0, 0.05) is 35.8 Å². The summed E-state index contributed by atoms with van der Waals surface area (Å²) in [6.07, 6.45) is -0.392. The Morgan fingerprint density at radius 2 is 2.00 bits per heavy atom. The van der Waals surface area contributed by atoms with Gasteiger partial charge in [-0.3, -0.25) is 9.78 Å². The molecular formula is C18H12Cl2F3N3O. The van der Waals surface area contributed by atoms with Gasteiger partial charge in [0.05, 0.1) is 15.7 Å². The Hall–Kier alpha value is -2.30. The van der Waals surface area contributed by atoms with E-state index in [2.05, 4.69) is 15.3 Å². The fourth-order valence-electron chi connectivity index (χ4n) is 2.57. The SMILES string of the molecule is O=C(NCC1(c2ncc(C#CC(F)(F)F)cc2Cl)CC1)c1ncccc1Cl. The standard InChI is InChI=1S/C18H12Cl2F3N3O/c19-12-2-1-7-24-14(12)16(27)26-10-17(5-6-17)15-13(20)8-11(9-25-15)3-4-18(21,22)23/h1-2,7-9H,5-6,10H2,(H,26,27). The zero-order valence-electron chi connectivity index (χ0n) is 13.7. The zero-order chi connectivity index (χ0) is 19.7. The third-order valence-electron chi connectivity index (χ3n) is 4.11. The van der Waals surface area contributed by atoms with Crippen molar-refractivity contribution in [2.45, 2.75) is 24.4 Å². The second-order valence-corrected chi connectivity index (χ2v) is 6.91. The number of carbonyl (C=O) groups is 1. The first-order valence-electron chi connectivity index (χ1n) is 7.85. The molecule has 1 N–H and O–H groups in total. The minimum Gasteiger partial charge on any atom is -0.350 e. The van der Waals surface area contributed by atoms with Crippen molar-refractivity contribution in [1.29, 1.82) is 0 Å². The first kappa shape index (κ1) is 19.5. The van der Waals surface area contributed by atoms with E-state index in [0.717, 1.165) is 12.8 Å². The van der Waals surface area contributed by atoms with E-state index in [4.69, 9.17) is 23.2 Å². The van der Waals surface area contributed by atoms with Crippen molar-refractivity contribution in [1.82, 2.24) is 15.3 Å². The Balaban J connectivity index is 1.73. The summed E-state index contributed by atoms with van der Waals surface area (Å²) in [5.41, 5.74) is 0.256. The number of alkyl halides is 3. The van der Waals surface area contributed by atoms with Crippen LogP contribution in [0.15, 0.2) is 30.6 Å². The molecule has 2 heterocycles. The van der Waals surface area contributed by atoms with Crippen molar-refractivity contribution in [2.75, 3.05) is 6.54 Å². The Labute approximate surface area is 163 Å². The minimum atomic E-state index is -4.58. The molecule has 27 heavy (non-hydrogen) atoms. The van der Waals surface area contributed by atoms with Crippen LogP contribution < -0.4 is 5.32 Å². The van der Waals surface area contributed by atoms with Crippen molar-refractivity contribution in [3.8, 4) is 11.8 Å². The average Bonchev–Trinajstić information content (AvgIpc) is 3.39. The van der Waals surface area contributed by atoms with E-state index in [1.165, 1.54) is 24.4 Å². The summed E-state index contributed by atoms with van der Waals surface area (Å²) in [6.45, 7) is 0.263. The molecule has 0 radical (unpaired) electrons. The molecule has 2 aromatic heterocycles. The molecule has 1 aliphatic rings. The Kier molecular flexibility index (Phi) is 5.31. The average molecular weight is 414 g/mol. The topological polar surface area (TPSA) is 54.9 Å². The number of rotatable bonds is 4. The van der Waals surface area contributed by atoms with Crippen LogP contribution >= 0.6 is 23.2 Å². The molecule has 2 aromatic rings. The van der Waals surface area contributed by atoms with Crippen LogP contribution in [0.25, 0.3) is 0 Å². The minimum absolute atomic E-state index is 0.0705. The summed E-state index contributed by atoms with van der Waals surface area (Å²) in [6, 6.07) is 4.53. The van der Waals surface area contributed by atoms with E-state index >= 15 is 0 Å². The predicted octanol–water partition coefficient (Wildman–Crippen LogP) is 4.16. The molecular weight excluding hydrogens is 402 g/mol. The number of halogens is 5. The maximum Gasteiger partial charge on any atom is 0.458 e. The van der Waals surface area contributed by atoms with Gasteiger partial charge in [0.1, 0.15) is 5.69 Å². The van der Waals surface area contributed by atoms with Gasteiger partial charge in [-0.1, -0.05) is 29.1 Å². The van der Waals surface area contributed by atoms with Gasteiger partial charge in [-0.15, -0.1) is 0 Å². The summed E-state index contributed by atoms with van der Waals surface area (Å²) in [7, 11) is 0. The van der Waals surface area contributed by atoms with E-state index in [9.17, 15) is 18.0 Å². The molecule has 9 heteroatoms. The van der Waals surface area contributed by atoms with Crippen LogP contribution in [0.3, 0.4) is 0 Å². The first-order chi connectivity index (χ1) is 12.7. The molecule has 140 valence electrons. The van der Waals surface area contributed by atoms with Crippen LogP contribution in [0.2, 0.25) is 10.0 Å². The lowest BCUT2D eigenvalue weighted by atomic mass is 10.0. The van der Waals surface area contributed by atoms with Crippen molar-refractivity contribution in [2.24, 2.45) is 0 Å². The molecule has 0 unspecified atom stereocenters. The van der Waals surface area contributed by atoms with Crippen LogP contribution in [0.1, 0.15) is 34.6 Å². The lowest BCUT2D eigenvalue weighted by Gasteiger charge is -2.17. The zero-order valence-corrected chi connectivity index (χ0v) is 15.2. The van der Waals surface area contributed by atoms with Gasteiger partial charge in [-0.25, -0.2) is 4.98 Å². The molecule has 0 spiro atoms. The van der Waals surface area contributed by atoms with Gasteiger partial charge in [0.2, 0.25) is 0 Å². The quantitative estimate of drug-likeness (QED) is 0.765. The van der Waals surface area contributed by atoms with Crippen LogP contribution in [0, 0.1) is 11.8 Å². The number of carbonyl (C=O) groups excluding carboxylic acids is 1. The summed E-state index contributed by atoms with van der Waals surface area (Å²) in [5.74, 6) is 2.74. The first-order valence-corrected chi connectivity index (χ1v) is 8.60. The number of aromatic nitrogens is 2. The van der Waals surface area contributed by atoms with Crippen molar-refractivity contribution < 1.29 is 18.0 Å². The highest BCUT2D eigenvalue weighted by molar-refractivity contribution is 6.33. The highest BCUT2D eigenvalue weighted by atomic mass is 35.5. The Morgan fingerprint density at radius 3 is 2.59 bits per heavy atom. The van der Waals surface area contributed by atoms with Gasteiger partial charge in [-0.2, -0.15) is 13.2 Å². The summed E-state index contributed by atoms with van der Waals surface area (Å²) in [4.78, 5) is 20.4. The van der Waals surface area contributed by atoms with Crippen LogP contribution in [-0.2, 0) is 5.41 Å². The fraction of sp³-hybridized carbons (Fsp3) is 0.278. The van der Waals surface area contributed by atoms with E-state index in [0.29, 0.717) is 5.69 Å². The molecule has 1 aliphatic carbocycles. The van der Waals surface area contributed by atoms with Gasteiger partial charge in [0.15, 0.2) is 0 Å². The highest BCUT2D eigenvalue weighted by Crippen LogP contribution is 2.49. The van der Waals surface area contributed by atoms with Gasteiger partial charge in [0.25, 0.3) is 5.91 Å². The summed E-state index contributed by atoms with van der Waals surface area (Å²) in [5, 5.41) is 3.22. The maximum atomic E-state index is 12.3. The van der Waals surface area contributed by atoms with E-state index in [-0.39, 0.29) is 27.8 Å². The number of nitrogens with zero attached hydrogens (tertiary/aromatic N) is 2. The lowest BCUT2D eigenvalue weighted by molar-refractivity contribution is -0.0696. The van der Waals surface area contributed by atoms with Gasteiger partial charge in [-0.05, 0) is 31.0 Å². The highest BCUT2D eigenvalue weighted by Gasteiger charge is 2.47. The van der Waals surface area contributed by atoms with Gasteiger partial charge >= 0.3 is 6.18 Å². The van der Waals surface area contributed by atoms with Gasteiger partial charge < -0.3 is 5.32 Å². The smallest absolute Gasteiger partial charge is 0.350 e. The Morgan fingerprint density at radius 1 is 1.26 bits per heavy atom. The molecule has 0 bridgehead atoms.